The highest BCUT2D eigenvalue weighted by molar-refractivity contribution is 5.71. The van der Waals surface area contributed by atoms with E-state index in [1.807, 2.05) is 48.6 Å². The fourth-order valence-corrected chi connectivity index (χ4v) is 6.12. The Morgan fingerprint density at radius 1 is 0.350 bits per heavy atom. The summed E-state index contributed by atoms with van der Waals surface area (Å²) in [5, 5.41) is 0. The lowest BCUT2D eigenvalue weighted by Gasteiger charge is -2.18. The molecule has 338 valence electrons. The van der Waals surface area contributed by atoms with Crippen molar-refractivity contribution in [3.63, 3.8) is 0 Å². The van der Waals surface area contributed by atoms with Crippen molar-refractivity contribution in [3.8, 4) is 0 Å². The molecule has 0 amide bonds. The van der Waals surface area contributed by atoms with Gasteiger partial charge in [0, 0.05) is 19.3 Å². The van der Waals surface area contributed by atoms with E-state index in [9.17, 15) is 14.4 Å². The minimum atomic E-state index is -0.809. The summed E-state index contributed by atoms with van der Waals surface area (Å²) < 4.78 is 16.7. The first kappa shape index (κ1) is 56.1. The van der Waals surface area contributed by atoms with Gasteiger partial charge in [-0.2, -0.15) is 0 Å². The predicted octanol–water partition coefficient (Wildman–Crippen LogP) is 15.6. The quantitative estimate of drug-likeness (QED) is 0.0264. The molecule has 0 bridgehead atoms. The van der Waals surface area contributed by atoms with Crippen molar-refractivity contribution in [2.24, 2.45) is 0 Å². The maximum atomic E-state index is 12.7. The summed E-state index contributed by atoms with van der Waals surface area (Å²) in [6.45, 7) is 6.35. The van der Waals surface area contributed by atoms with Crippen LogP contribution in [-0.4, -0.2) is 37.2 Å². The van der Waals surface area contributed by atoms with Gasteiger partial charge in [-0.25, -0.2) is 0 Å². The van der Waals surface area contributed by atoms with Gasteiger partial charge < -0.3 is 14.2 Å². The van der Waals surface area contributed by atoms with E-state index >= 15 is 0 Å². The van der Waals surface area contributed by atoms with E-state index in [-0.39, 0.29) is 37.5 Å². The van der Waals surface area contributed by atoms with Crippen LogP contribution in [0.3, 0.4) is 0 Å². The van der Waals surface area contributed by atoms with Gasteiger partial charge in [-0.15, -0.1) is 0 Å². The van der Waals surface area contributed by atoms with Gasteiger partial charge in [-0.3, -0.25) is 14.4 Å². The monoisotopic (exact) mass is 831 g/mol. The largest absolute Gasteiger partial charge is 0.462 e. The SMILES string of the molecule is CC\C=C/C=C\C=C/C=C\C=C/CCCCCC(=O)OC(COC(=O)CCCCCCC\C=C/C=C\C=C/C=C\CCCCC)COC(=O)CCCCCCCCCCC. The summed E-state index contributed by atoms with van der Waals surface area (Å²) in [6.07, 6.45) is 63.5. The van der Waals surface area contributed by atoms with Crippen molar-refractivity contribution < 1.29 is 28.6 Å². The zero-order valence-electron chi connectivity index (χ0n) is 38.4. The molecule has 1 unspecified atom stereocenters. The highest BCUT2D eigenvalue weighted by atomic mass is 16.6. The molecule has 0 aromatic carbocycles. The van der Waals surface area contributed by atoms with E-state index in [0.29, 0.717) is 19.3 Å². The number of rotatable bonds is 41. The highest BCUT2D eigenvalue weighted by Crippen LogP contribution is 2.13. The van der Waals surface area contributed by atoms with Crippen LogP contribution in [0.15, 0.2) is 109 Å². The smallest absolute Gasteiger partial charge is 0.306 e. The predicted molar refractivity (Wildman–Crippen MR) is 256 cm³/mol. The number of allylic oxidation sites excluding steroid dienone is 18. The Kier molecular flexibility index (Phi) is 44.6. The van der Waals surface area contributed by atoms with E-state index in [2.05, 4.69) is 81.5 Å². The van der Waals surface area contributed by atoms with Gasteiger partial charge in [-0.1, -0.05) is 220 Å². The van der Waals surface area contributed by atoms with Crippen LogP contribution in [0, 0.1) is 0 Å². The van der Waals surface area contributed by atoms with Crippen LogP contribution in [0.5, 0.6) is 0 Å². The Morgan fingerprint density at radius 2 is 0.650 bits per heavy atom. The first-order valence-electron chi connectivity index (χ1n) is 24.0. The standard InChI is InChI=1S/C54H86O6/c1-4-7-10-13-16-19-21-23-25-26-27-29-30-32-35-38-41-44-47-53(56)59-50-51(49-58-52(55)46-43-40-37-34-18-15-12-9-6-3)60-54(57)48-45-42-39-36-33-31-28-24-22-20-17-14-11-8-5-2/h8,11,14,16-17,19-29,31,33,51H,4-7,9-10,12-13,15,18,30,32,34-50H2,1-3H3/b11-8-,17-14-,19-16-,22-20-,23-21-,26-25-,28-24-,29-27-,33-31-. The minimum absolute atomic E-state index is 0.105. The first-order chi connectivity index (χ1) is 29.5. The second kappa shape index (κ2) is 47.7. The number of esters is 3. The maximum absolute atomic E-state index is 12.7. The summed E-state index contributed by atoms with van der Waals surface area (Å²) in [6, 6.07) is 0. The van der Waals surface area contributed by atoms with Crippen molar-refractivity contribution in [2.45, 2.75) is 200 Å². The highest BCUT2D eigenvalue weighted by Gasteiger charge is 2.19. The molecule has 0 heterocycles. The third-order valence-electron chi connectivity index (χ3n) is 9.73. The van der Waals surface area contributed by atoms with Crippen LogP contribution >= 0.6 is 0 Å². The summed E-state index contributed by atoms with van der Waals surface area (Å²) >= 11 is 0. The van der Waals surface area contributed by atoms with Crippen molar-refractivity contribution >= 4 is 17.9 Å². The third-order valence-corrected chi connectivity index (χ3v) is 9.73. The molecule has 60 heavy (non-hydrogen) atoms. The molecule has 0 aliphatic heterocycles. The number of ether oxygens (including phenoxy) is 3. The van der Waals surface area contributed by atoms with E-state index in [4.69, 9.17) is 14.2 Å². The fraction of sp³-hybridized carbons (Fsp3) is 0.611. The molecule has 0 saturated heterocycles. The average Bonchev–Trinajstić information content (AvgIpc) is 3.24. The topological polar surface area (TPSA) is 78.9 Å². The molecular weight excluding hydrogens is 745 g/mol. The number of hydrogen-bond acceptors (Lipinski definition) is 6. The van der Waals surface area contributed by atoms with Crippen LogP contribution < -0.4 is 0 Å². The van der Waals surface area contributed by atoms with Crippen LogP contribution in [0.1, 0.15) is 194 Å². The first-order valence-corrected chi connectivity index (χ1v) is 24.0. The average molecular weight is 831 g/mol. The Balaban J connectivity index is 4.50. The maximum Gasteiger partial charge on any atom is 0.306 e. The second-order valence-electron chi connectivity index (χ2n) is 15.5. The number of carbonyl (C=O) groups is 3. The van der Waals surface area contributed by atoms with Gasteiger partial charge in [0.05, 0.1) is 0 Å². The number of hydrogen-bond donors (Lipinski definition) is 0. The molecule has 0 rings (SSSR count). The van der Waals surface area contributed by atoms with Crippen molar-refractivity contribution in [1.82, 2.24) is 0 Å². The van der Waals surface area contributed by atoms with E-state index < -0.39 is 6.10 Å². The Labute approximate surface area is 368 Å². The van der Waals surface area contributed by atoms with Crippen LogP contribution in [0.4, 0.5) is 0 Å². The third kappa shape index (κ3) is 45.2. The lowest BCUT2D eigenvalue weighted by molar-refractivity contribution is -0.167. The lowest BCUT2D eigenvalue weighted by Crippen LogP contribution is -2.30. The molecule has 0 saturated carbocycles. The van der Waals surface area contributed by atoms with Crippen LogP contribution in [0.2, 0.25) is 0 Å². The van der Waals surface area contributed by atoms with Crippen molar-refractivity contribution in [2.75, 3.05) is 13.2 Å². The van der Waals surface area contributed by atoms with E-state index in [1.165, 1.54) is 57.8 Å². The minimum Gasteiger partial charge on any atom is -0.462 e. The van der Waals surface area contributed by atoms with Gasteiger partial charge in [-0.05, 0) is 64.2 Å². The van der Waals surface area contributed by atoms with Gasteiger partial charge in [0.25, 0.3) is 0 Å². The molecule has 0 spiro atoms. The Hall–Kier alpha value is -3.93. The lowest BCUT2D eigenvalue weighted by atomic mass is 10.1. The summed E-state index contributed by atoms with van der Waals surface area (Å²) in [5.41, 5.74) is 0. The number of carbonyl (C=O) groups excluding carboxylic acids is 3. The van der Waals surface area contributed by atoms with E-state index in [1.54, 1.807) is 0 Å². The number of unbranched alkanes of at least 4 members (excludes halogenated alkanes) is 19. The molecule has 0 aliphatic rings. The summed E-state index contributed by atoms with van der Waals surface area (Å²) in [7, 11) is 0. The van der Waals surface area contributed by atoms with Crippen molar-refractivity contribution in [1.29, 1.82) is 0 Å². The molecule has 1 atom stereocenters. The molecule has 0 fully saturated rings. The molecule has 6 heteroatoms. The summed E-state index contributed by atoms with van der Waals surface area (Å²) in [5.74, 6) is -0.982. The molecule has 0 aliphatic carbocycles. The van der Waals surface area contributed by atoms with Crippen LogP contribution in [-0.2, 0) is 28.6 Å². The molecule has 6 nitrogen and oxygen atoms in total. The Bertz CT molecular complexity index is 1280. The normalized spacial score (nSPS) is 13.1. The Morgan fingerprint density at radius 3 is 1.07 bits per heavy atom. The van der Waals surface area contributed by atoms with Gasteiger partial charge >= 0.3 is 17.9 Å². The molecule has 0 radical (unpaired) electrons. The van der Waals surface area contributed by atoms with Gasteiger partial charge in [0.1, 0.15) is 13.2 Å². The molecule has 0 aromatic heterocycles. The zero-order valence-corrected chi connectivity index (χ0v) is 38.4. The molecular formula is C54H86O6. The van der Waals surface area contributed by atoms with Crippen LogP contribution in [0.25, 0.3) is 0 Å². The molecule has 0 N–H and O–H groups in total. The molecule has 0 aromatic rings. The van der Waals surface area contributed by atoms with Crippen molar-refractivity contribution in [3.05, 3.63) is 109 Å². The second-order valence-corrected chi connectivity index (χ2v) is 15.5. The van der Waals surface area contributed by atoms with Gasteiger partial charge in [0.2, 0.25) is 0 Å². The van der Waals surface area contributed by atoms with E-state index in [0.717, 1.165) is 89.9 Å². The fourth-order valence-electron chi connectivity index (χ4n) is 6.12. The zero-order chi connectivity index (χ0) is 43.7. The summed E-state index contributed by atoms with van der Waals surface area (Å²) in [4.78, 5) is 37.8. The van der Waals surface area contributed by atoms with Gasteiger partial charge in [0.15, 0.2) is 6.10 Å².